The Labute approximate surface area is 104 Å². The van der Waals surface area contributed by atoms with Crippen LogP contribution in [0.4, 0.5) is 0 Å². The van der Waals surface area contributed by atoms with Crippen LogP contribution in [0, 0.1) is 5.92 Å². The van der Waals surface area contributed by atoms with Gasteiger partial charge in [0.2, 0.25) is 9.05 Å². The third-order valence-corrected chi connectivity index (χ3v) is 3.84. The third-order valence-electron chi connectivity index (χ3n) is 2.60. The van der Waals surface area contributed by atoms with Crippen LogP contribution in [0.25, 0.3) is 0 Å². The van der Waals surface area contributed by atoms with Crippen molar-refractivity contribution in [3.05, 3.63) is 0 Å². The smallest absolute Gasteiger partial charge is 0.232 e. The molecule has 5 heteroatoms. The van der Waals surface area contributed by atoms with Crippen molar-refractivity contribution < 1.29 is 13.2 Å². The van der Waals surface area contributed by atoms with E-state index in [-0.39, 0.29) is 5.75 Å². The van der Waals surface area contributed by atoms with Crippen molar-refractivity contribution in [1.29, 1.82) is 0 Å². The fraction of sp³-hybridized carbons (Fsp3) is 1.00. The second-order valence-electron chi connectivity index (χ2n) is 4.48. The highest BCUT2D eigenvalue weighted by Gasteiger charge is 2.06. The molecular formula is C11H23ClO3S. The largest absolute Gasteiger partial charge is 0.378 e. The molecule has 0 amide bonds. The molecule has 0 N–H and O–H groups in total. The Bertz CT molecular complexity index is 262. The van der Waals surface area contributed by atoms with Gasteiger partial charge in [-0.2, -0.15) is 0 Å². The average molecular weight is 271 g/mol. The van der Waals surface area contributed by atoms with E-state index in [1.54, 1.807) is 0 Å². The van der Waals surface area contributed by atoms with E-state index in [1.807, 2.05) is 0 Å². The van der Waals surface area contributed by atoms with E-state index < -0.39 is 9.05 Å². The number of hydrogen-bond donors (Lipinski definition) is 0. The second-order valence-corrected chi connectivity index (χ2v) is 7.37. The summed E-state index contributed by atoms with van der Waals surface area (Å²) in [6, 6.07) is 0. The predicted molar refractivity (Wildman–Crippen MR) is 68.4 cm³/mol. The molecule has 0 spiro atoms. The summed E-state index contributed by atoms with van der Waals surface area (Å²) in [4.78, 5) is 0. The molecule has 0 saturated heterocycles. The van der Waals surface area contributed by atoms with Crippen LogP contribution in [0.2, 0.25) is 0 Å². The van der Waals surface area contributed by atoms with Gasteiger partial charge in [-0.3, -0.25) is 0 Å². The highest BCUT2D eigenvalue weighted by Crippen LogP contribution is 2.08. The maximum atomic E-state index is 10.6. The maximum Gasteiger partial charge on any atom is 0.232 e. The molecule has 0 aromatic heterocycles. The second kappa shape index (κ2) is 8.31. The molecule has 3 nitrogen and oxygen atoms in total. The van der Waals surface area contributed by atoms with Gasteiger partial charge in [0.1, 0.15) is 0 Å². The molecule has 0 heterocycles. The summed E-state index contributed by atoms with van der Waals surface area (Å²) in [7, 11) is 1.80. The van der Waals surface area contributed by atoms with Crippen molar-refractivity contribution in [2.75, 3.05) is 12.4 Å². The van der Waals surface area contributed by atoms with Crippen LogP contribution in [-0.4, -0.2) is 26.9 Å². The van der Waals surface area contributed by atoms with Crippen molar-refractivity contribution >= 4 is 19.7 Å². The fourth-order valence-electron chi connectivity index (χ4n) is 1.19. The van der Waals surface area contributed by atoms with Gasteiger partial charge >= 0.3 is 0 Å². The molecule has 0 radical (unpaired) electrons. The Kier molecular flexibility index (Phi) is 8.42. The summed E-state index contributed by atoms with van der Waals surface area (Å²) in [6.07, 6.45) is 3.82. The summed E-state index contributed by atoms with van der Waals surface area (Å²) in [5.41, 5.74) is 0. The van der Waals surface area contributed by atoms with E-state index in [9.17, 15) is 8.42 Å². The minimum Gasteiger partial charge on any atom is -0.378 e. The minimum atomic E-state index is -3.30. The minimum absolute atomic E-state index is 0.0812. The van der Waals surface area contributed by atoms with Crippen molar-refractivity contribution in [1.82, 2.24) is 0 Å². The molecule has 0 aromatic rings. The van der Waals surface area contributed by atoms with Crippen LogP contribution in [0.3, 0.4) is 0 Å². The van der Waals surface area contributed by atoms with E-state index in [0.29, 0.717) is 18.4 Å². The molecule has 1 unspecified atom stereocenters. The summed E-state index contributed by atoms with van der Waals surface area (Å²) in [5, 5.41) is 0. The summed E-state index contributed by atoms with van der Waals surface area (Å²) >= 11 is 0. The summed E-state index contributed by atoms with van der Waals surface area (Å²) in [6.45, 7) is 7.10. The number of rotatable bonds is 9. The lowest BCUT2D eigenvalue weighted by atomic mass is 10.1. The van der Waals surface area contributed by atoms with Crippen LogP contribution >= 0.6 is 10.7 Å². The number of unbranched alkanes of at least 4 members (excludes halogenated alkanes) is 3. The van der Waals surface area contributed by atoms with Crippen LogP contribution in [0.5, 0.6) is 0 Å². The molecule has 0 aliphatic carbocycles. The molecule has 0 aliphatic heterocycles. The molecule has 0 rings (SSSR count). The van der Waals surface area contributed by atoms with Crippen LogP contribution in [0.1, 0.15) is 46.5 Å². The van der Waals surface area contributed by atoms with Crippen LogP contribution in [-0.2, 0) is 13.8 Å². The number of halogens is 1. The zero-order valence-corrected chi connectivity index (χ0v) is 12.0. The van der Waals surface area contributed by atoms with Crippen LogP contribution < -0.4 is 0 Å². The van der Waals surface area contributed by atoms with Crippen LogP contribution in [0.15, 0.2) is 0 Å². The molecular weight excluding hydrogens is 248 g/mol. The van der Waals surface area contributed by atoms with Crippen molar-refractivity contribution in [2.24, 2.45) is 5.92 Å². The van der Waals surface area contributed by atoms with Gasteiger partial charge in [-0.25, -0.2) is 8.42 Å². The van der Waals surface area contributed by atoms with Crippen molar-refractivity contribution in [3.8, 4) is 0 Å². The van der Waals surface area contributed by atoms with Gasteiger partial charge in [0, 0.05) is 17.3 Å². The monoisotopic (exact) mass is 270 g/mol. The Hall–Kier alpha value is 0.200. The van der Waals surface area contributed by atoms with E-state index in [2.05, 4.69) is 20.8 Å². The normalized spacial score (nSPS) is 14.3. The topological polar surface area (TPSA) is 43.4 Å². The molecule has 0 aliphatic rings. The van der Waals surface area contributed by atoms with Gasteiger partial charge in [0.25, 0.3) is 0 Å². The quantitative estimate of drug-likeness (QED) is 0.477. The highest BCUT2D eigenvalue weighted by atomic mass is 35.7. The zero-order chi connectivity index (χ0) is 12.6. The summed E-state index contributed by atoms with van der Waals surface area (Å²) in [5.74, 6) is 0.624. The standard InChI is InChI=1S/C11H23ClO3S/c1-10(2)11(3)15-8-6-4-5-7-9-16(12,13)14/h10-11H,4-9H2,1-3H3. The van der Waals surface area contributed by atoms with E-state index in [4.69, 9.17) is 15.4 Å². The Balaban J connectivity index is 3.29. The molecule has 16 heavy (non-hydrogen) atoms. The number of hydrogen-bond acceptors (Lipinski definition) is 3. The molecule has 1 atom stereocenters. The number of ether oxygens (including phenoxy) is 1. The molecule has 98 valence electrons. The van der Waals surface area contributed by atoms with Crippen molar-refractivity contribution in [2.45, 2.75) is 52.6 Å². The fourth-order valence-corrected chi connectivity index (χ4v) is 2.07. The Morgan fingerprint density at radius 2 is 1.62 bits per heavy atom. The van der Waals surface area contributed by atoms with Gasteiger partial charge in [-0.15, -0.1) is 0 Å². The van der Waals surface area contributed by atoms with E-state index >= 15 is 0 Å². The van der Waals surface area contributed by atoms with E-state index in [0.717, 1.165) is 25.9 Å². The average Bonchev–Trinajstić information content (AvgIpc) is 2.14. The first-order valence-electron chi connectivity index (χ1n) is 5.87. The highest BCUT2D eigenvalue weighted by molar-refractivity contribution is 8.13. The lowest BCUT2D eigenvalue weighted by molar-refractivity contribution is 0.0332. The summed E-state index contributed by atoms with van der Waals surface area (Å²) < 4.78 is 26.9. The van der Waals surface area contributed by atoms with Crippen molar-refractivity contribution in [3.63, 3.8) is 0 Å². The molecule has 0 bridgehead atoms. The molecule has 0 aromatic carbocycles. The first kappa shape index (κ1) is 16.2. The van der Waals surface area contributed by atoms with Gasteiger partial charge in [0.05, 0.1) is 11.9 Å². The van der Waals surface area contributed by atoms with Gasteiger partial charge in [-0.05, 0) is 25.7 Å². The first-order chi connectivity index (χ1) is 7.33. The Morgan fingerprint density at radius 3 is 2.12 bits per heavy atom. The van der Waals surface area contributed by atoms with Gasteiger partial charge in [-0.1, -0.05) is 26.7 Å². The van der Waals surface area contributed by atoms with Gasteiger partial charge < -0.3 is 4.74 Å². The Morgan fingerprint density at radius 1 is 1.06 bits per heavy atom. The molecule has 0 saturated carbocycles. The zero-order valence-electron chi connectivity index (χ0n) is 10.4. The maximum absolute atomic E-state index is 10.6. The molecule has 0 fully saturated rings. The predicted octanol–water partition coefficient (Wildman–Crippen LogP) is 3.18. The first-order valence-corrected chi connectivity index (χ1v) is 8.34. The van der Waals surface area contributed by atoms with E-state index in [1.165, 1.54) is 0 Å². The lowest BCUT2D eigenvalue weighted by Gasteiger charge is -2.16. The van der Waals surface area contributed by atoms with Gasteiger partial charge in [0.15, 0.2) is 0 Å². The lowest BCUT2D eigenvalue weighted by Crippen LogP contribution is -2.15. The SMILES string of the molecule is CC(C)C(C)OCCCCCCS(=O)(=O)Cl. The third kappa shape index (κ3) is 10.7.